The second kappa shape index (κ2) is 7.31. The molecule has 2 saturated carbocycles. The molecule has 2 saturated heterocycles. The fourth-order valence-corrected chi connectivity index (χ4v) is 9.14. The minimum Gasteiger partial charge on any atom is -0.300 e. The van der Waals surface area contributed by atoms with Crippen LogP contribution in [0.5, 0.6) is 0 Å². The zero-order valence-electron chi connectivity index (χ0n) is 20.2. The third-order valence-electron chi connectivity index (χ3n) is 8.47. The van der Waals surface area contributed by atoms with Gasteiger partial charge in [-0.3, -0.25) is 4.90 Å². The first-order valence-electron chi connectivity index (χ1n) is 12.3. The summed E-state index contributed by atoms with van der Waals surface area (Å²) in [5.74, 6) is 3.18. The van der Waals surface area contributed by atoms with Crippen molar-refractivity contribution < 1.29 is 21.6 Å². The lowest BCUT2D eigenvalue weighted by Crippen LogP contribution is -2.50. The van der Waals surface area contributed by atoms with Crippen molar-refractivity contribution in [2.45, 2.75) is 63.7 Å². The molecule has 2 aromatic rings. The smallest absolute Gasteiger partial charge is 0.300 e. The summed E-state index contributed by atoms with van der Waals surface area (Å²) in [4.78, 5) is 7.30. The van der Waals surface area contributed by atoms with E-state index < -0.39 is 21.6 Å². The Morgan fingerprint density at radius 3 is 2.37 bits per heavy atom. The summed E-state index contributed by atoms with van der Waals surface area (Å²) in [5, 5.41) is 4.68. The molecule has 1 aromatic heterocycles. The van der Waals surface area contributed by atoms with E-state index in [2.05, 4.69) is 10.00 Å². The standard InChI is InChI=1S/C25H31F3N4O2S/c1-23(2,3)32-22(29-21(30-32)15-5-4-6-16(9-15)25(26,27)28)20-18-10-17(11-19(18)20)31-8-7-24(12-31)13-35(33,34)14-24/h4-6,9,17-20H,7-8,10-14H2,1-3H3/t17-,18+,19-,20-. The van der Waals surface area contributed by atoms with Crippen LogP contribution in [0.25, 0.3) is 11.4 Å². The molecule has 0 radical (unpaired) electrons. The Labute approximate surface area is 203 Å². The summed E-state index contributed by atoms with van der Waals surface area (Å²) in [6.07, 6.45) is -1.31. The van der Waals surface area contributed by atoms with E-state index in [1.807, 2.05) is 25.5 Å². The number of sulfone groups is 1. The second-order valence-corrected chi connectivity index (χ2v) is 14.3. The Kier molecular flexibility index (Phi) is 4.90. The summed E-state index contributed by atoms with van der Waals surface area (Å²) >= 11 is 0. The fourth-order valence-electron chi connectivity index (χ4n) is 6.89. The van der Waals surface area contributed by atoms with Gasteiger partial charge in [0.2, 0.25) is 0 Å². The van der Waals surface area contributed by atoms with E-state index in [0.717, 1.165) is 50.3 Å². The third kappa shape index (κ3) is 4.00. The summed E-state index contributed by atoms with van der Waals surface area (Å²) < 4.78 is 65.1. The van der Waals surface area contributed by atoms with Crippen LogP contribution in [0, 0.1) is 17.3 Å². The number of benzene rings is 1. The van der Waals surface area contributed by atoms with E-state index in [9.17, 15) is 21.6 Å². The first kappa shape index (κ1) is 23.5. The Morgan fingerprint density at radius 1 is 1.09 bits per heavy atom. The van der Waals surface area contributed by atoms with Crippen LogP contribution in [-0.2, 0) is 21.6 Å². The van der Waals surface area contributed by atoms with Gasteiger partial charge in [-0.1, -0.05) is 12.1 Å². The Hall–Kier alpha value is -1.94. The number of rotatable bonds is 3. The van der Waals surface area contributed by atoms with Gasteiger partial charge in [-0.2, -0.15) is 18.3 Å². The highest BCUT2D eigenvalue weighted by molar-refractivity contribution is 7.92. The number of likely N-dealkylation sites (tertiary alicyclic amines) is 1. The van der Waals surface area contributed by atoms with Crippen molar-refractivity contribution in [1.29, 1.82) is 0 Å². The molecule has 4 atom stereocenters. The number of hydrogen-bond acceptors (Lipinski definition) is 5. The molecule has 2 aliphatic heterocycles. The van der Waals surface area contributed by atoms with E-state index >= 15 is 0 Å². The Morgan fingerprint density at radius 2 is 1.77 bits per heavy atom. The van der Waals surface area contributed by atoms with Gasteiger partial charge in [0.25, 0.3) is 0 Å². The summed E-state index contributed by atoms with van der Waals surface area (Å²) in [6.45, 7) is 7.98. The van der Waals surface area contributed by atoms with Crippen molar-refractivity contribution >= 4 is 9.84 Å². The molecular formula is C25H31F3N4O2S. The first-order chi connectivity index (χ1) is 16.2. The van der Waals surface area contributed by atoms with Crippen molar-refractivity contribution in [2.75, 3.05) is 24.6 Å². The molecule has 10 heteroatoms. The predicted molar refractivity (Wildman–Crippen MR) is 125 cm³/mol. The highest BCUT2D eigenvalue weighted by Gasteiger charge is 2.61. The molecule has 35 heavy (non-hydrogen) atoms. The highest BCUT2D eigenvalue weighted by atomic mass is 32.2. The minimum atomic E-state index is -4.41. The van der Waals surface area contributed by atoms with E-state index in [0.29, 0.717) is 40.8 Å². The molecule has 4 fully saturated rings. The second-order valence-electron chi connectivity index (χ2n) is 12.2. The molecule has 6 rings (SSSR count). The number of halogens is 3. The largest absolute Gasteiger partial charge is 0.416 e. The van der Waals surface area contributed by atoms with Crippen LogP contribution in [0.15, 0.2) is 24.3 Å². The zero-order chi connectivity index (χ0) is 25.0. The SMILES string of the molecule is CC(C)(C)n1nc(-c2cccc(C(F)(F)F)c2)nc1[C@H]1[C@@H]2C[C@H](N3CCC4(C3)CS(=O)(=O)C4)C[C@@H]21. The molecule has 1 aromatic carbocycles. The van der Waals surface area contributed by atoms with Gasteiger partial charge in [-0.05, 0) is 70.5 Å². The average Bonchev–Trinajstić information content (AvgIpc) is 3.18. The lowest BCUT2D eigenvalue weighted by Gasteiger charge is -2.38. The number of aromatic nitrogens is 3. The quantitative estimate of drug-likeness (QED) is 0.617. The van der Waals surface area contributed by atoms with Crippen LogP contribution in [0.2, 0.25) is 0 Å². The monoisotopic (exact) mass is 508 g/mol. The summed E-state index contributed by atoms with van der Waals surface area (Å²) in [5.41, 5.74) is -0.671. The van der Waals surface area contributed by atoms with E-state index in [-0.39, 0.29) is 16.9 Å². The predicted octanol–water partition coefficient (Wildman–Crippen LogP) is 4.33. The lowest BCUT2D eigenvalue weighted by atomic mass is 9.91. The van der Waals surface area contributed by atoms with Crippen molar-refractivity contribution in [3.05, 3.63) is 35.7 Å². The van der Waals surface area contributed by atoms with Crippen LogP contribution >= 0.6 is 0 Å². The Bertz CT molecular complexity index is 1260. The van der Waals surface area contributed by atoms with Crippen LogP contribution in [0.3, 0.4) is 0 Å². The van der Waals surface area contributed by atoms with Gasteiger partial charge < -0.3 is 0 Å². The summed E-state index contributed by atoms with van der Waals surface area (Å²) in [7, 11) is -2.82. The van der Waals surface area contributed by atoms with E-state index in [1.54, 1.807) is 6.07 Å². The van der Waals surface area contributed by atoms with Gasteiger partial charge in [0.05, 0.1) is 22.6 Å². The number of hydrogen-bond donors (Lipinski definition) is 0. The molecule has 190 valence electrons. The average molecular weight is 509 g/mol. The molecule has 0 bridgehead atoms. The van der Waals surface area contributed by atoms with Crippen LogP contribution < -0.4 is 0 Å². The highest BCUT2D eigenvalue weighted by Crippen LogP contribution is 2.64. The van der Waals surface area contributed by atoms with Crippen LogP contribution in [-0.4, -0.2) is 58.7 Å². The van der Waals surface area contributed by atoms with Crippen LogP contribution in [0.1, 0.15) is 57.3 Å². The number of alkyl halides is 3. The van der Waals surface area contributed by atoms with Crippen molar-refractivity contribution in [3.63, 3.8) is 0 Å². The molecule has 1 spiro atoms. The maximum atomic E-state index is 13.2. The minimum absolute atomic E-state index is 0.0166. The zero-order valence-corrected chi connectivity index (χ0v) is 21.0. The molecule has 0 amide bonds. The molecule has 0 unspecified atom stereocenters. The first-order valence-corrected chi connectivity index (χ1v) is 14.2. The van der Waals surface area contributed by atoms with Gasteiger partial charge in [0.15, 0.2) is 15.7 Å². The maximum Gasteiger partial charge on any atom is 0.416 e. The lowest BCUT2D eigenvalue weighted by molar-refractivity contribution is -0.137. The third-order valence-corrected chi connectivity index (χ3v) is 10.6. The Balaban J connectivity index is 1.20. The molecule has 4 aliphatic rings. The molecule has 2 aliphatic carbocycles. The van der Waals surface area contributed by atoms with Gasteiger partial charge in [-0.15, -0.1) is 0 Å². The normalized spacial score (nSPS) is 31.5. The van der Waals surface area contributed by atoms with E-state index in [4.69, 9.17) is 4.98 Å². The topological polar surface area (TPSA) is 68.1 Å². The van der Waals surface area contributed by atoms with Gasteiger partial charge in [-0.25, -0.2) is 18.1 Å². The fraction of sp³-hybridized carbons (Fsp3) is 0.680. The van der Waals surface area contributed by atoms with Gasteiger partial charge in [0, 0.05) is 29.5 Å². The number of fused-ring (bicyclic) bond motifs is 1. The van der Waals surface area contributed by atoms with Crippen molar-refractivity contribution in [1.82, 2.24) is 19.7 Å². The molecule has 0 N–H and O–H groups in total. The number of nitrogens with zero attached hydrogens (tertiary/aromatic N) is 4. The van der Waals surface area contributed by atoms with Gasteiger partial charge >= 0.3 is 6.18 Å². The molecule has 3 heterocycles. The summed E-state index contributed by atoms with van der Waals surface area (Å²) in [6, 6.07) is 5.72. The van der Waals surface area contributed by atoms with Crippen LogP contribution in [0.4, 0.5) is 13.2 Å². The van der Waals surface area contributed by atoms with Crippen molar-refractivity contribution in [2.24, 2.45) is 17.3 Å². The van der Waals surface area contributed by atoms with Crippen molar-refractivity contribution in [3.8, 4) is 11.4 Å². The van der Waals surface area contributed by atoms with Gasteiger partial charge in [0.1, 0.15) is 5.82 Å². The maximum absolute atomic E-state index is 13.2. The molecular weight excluding hydrogens is 477 g/mol. The van der Waals surface area contributed by atoms with E-state index in [1.165, 1.54) is 6.07 Å². The molecule has 6 nitrogen and oxygen atoms in total.